The molecule has 0 spiro atoms. The first-order valence-corrected chi connectivity index (χ1v) is 8.52. The third kappa shape index (κ3) is 5.84. The number of pyridine rings is 1. The zero-order valence-corrected chi connectivity index (χ0v) is 15.2. The Morgan fingerprint density at radius 3 is 2.37 bits per heavy atom. The number of aromatic nitrogens is 1. The van der Waals surface area contributed by atoms with Crippen molar-refractivity contribution in [1.82, 2.24) is 10.3 Å². The van der Waals surface area contributed by atoms with Gasteiger partial charge in [0.1, 0.15) is 23.1 Å². The highest BCUT2D eigenvalue weighted by molar-refractivity contribution is 5.98. The molecule has 156 valence electrons. The van der Waals surface area contributed by atoms with Gasteiger partial charge in [0.2, 0.25) is 5.95 Å². The van der Waals surface area contributed by atoms with Crippen LogP contribution in [-0.4, -0.2) is 17.3 Å². The lowest BCUT2D eigenvalue weighted by Crippen LogP contribution is -2.24. The zero-order chi connectivity index (χ0) is 21.7. The van der Waals surface area contributed by atoms with Crippen molar-refractivity contribution >= 4 is 11.7 Å². The number of nitrogen functional groups attached to an aromatic ring is 1. The Hall–Kier alpha value is -3.82. The van der Waals surface area contributed by atoms with Crippen molar-refractivity contribution in [3.63, 3.8) is 0 Å². The summed E-state index contributed by atoms with van der Waals surface area (Å²) in [4.78, 5) is 15.6. The lowest BCUT2D eigenvalue weighted by Gasteiger charge is -2.11. The van der Waals surface area contributed by atoms with E-state index in [1.807, 2.05) is 0 Å². The van der Waals surface area contributed by atoms with Gasteiger partial charge in [-0.3, -0.25) is 4.79 Å². The Labute approximate surface area is 168 Å². The highest BCUT2D eigenvalue weighted by Crippen LogP contribution is 2.27. The number of benzene rings is 2. The molecule has 3 N–H and O–H groups in total. The van der Waals surface area contributed by atoms with E-state index in [2.05, 4.69) is 15.0 Å². The van der Waals surface area contributed by atoms with E-state index in [1.54, 1.807) is 24.3 Å². The van der Waals surface area contributed by atoms with Crippen LogP contribution in [0.15, 0.2) is 60.7 Å². The number of carbonyl (C=O) groups excluding carboxylic acids is 1. The second-order valence-electron chi connectivity index (χ2n) is 6.02. The van der Waals surface area contributed by atoms with Crippen LogP contribution in [0.2, 0.25) is 0 Å². The summed E-state index contributed by atoms with van der Waals surface area (Å²) < 4.78 is 59.0. The third-order valence-electron chi connectivity index (χ3n) is 3.78. The lowest BCUT2D eigenvalue weighted by atomic mass is 10.2. The molecule has 0 aliphatic heterocycles. The van der Waals surface area contributed by atoms with Gasteiger partial charge in [0.25, 0.3) is 5.91 Å². The van der Waals surface area contributed by atoms with E-state index in [-0.39, 0.29) is 23.7 Å². The van der Waals surface area contributed by atoms with Crippen LogP contribution in [-0.2, 0) is 6.54 Å². The quantitative estimate of drug-likeness (QED) is 0.455. The number of hydrogen-bond donors (Lipinski definition) is 2. The molecule has 6 nitrogen and oxygen atoms in total. The number of nitrogens with zero attached hydrogens (tertiary/aromatic N) is 1. The molecule has 0 atom stereocenters. The molecule has 2 aromatic carbocycles. The standard InChI is InChI=1S/C20H15F4N3O3/c21-17-9-8-16(18(25)27-17)19(28)26-11-12-2-1-3-15(10-12)29-13-4-6-14(7-5-13)30-20(22,23)24/h1-10H,11H2,(H2,25,27)(H,26,28). The maximum absolute atomic E-state index is 13.0. The average Bonchev–Trinajstić information content (AvgIpc) is 2.67. The molecule has 3 rings (SSSR count). The molecule has 30 heavy (non-hydrogen) atoms. The van der Waals surface area contributed by atoms with E-state index < -0.39 is 18.2 Å². The minimum atomic E-state index is -4.77. The van der Waals surface area contributed by atoms with E-state index in [0.29, 0.717) is 17.1 Å². The molecule has 0 saturated heterocycles. The van der Waals surface area contributed by atoms with Gasteiger partial charge < -0.3 is 20.5 Å². The van der Waals surface area contributed by atoms with Crippen molar-refractivity contribution in [2.75, 3.05) is 5.73 Å². The molecule has 3 aromatic rings. The number of ether oxygens (including phenoxy) is 2. The van der Waals surface area contributed by atoms with Gasteiger partial charge >= 0.3 is 6.36 Å². The number of carbonyl (C=O) groups is 1. The van der Waals surface area contributed by atoms with Gasteiger partial charge in [0.15, 0.2) is 0 Å². The second kappa shape index (κ2) is 8.68. The molecule has 0 aliphatic rings. The summed E-state index contributed by atoms with van der Waals surface area (Å²) in [6, 6.07) is 13.9. The number of halogens is 4. The number of alkyl halides is 3. The molecule has 0 aliphatic carbocycles. The highest BCUT2D eigenvalue weighted by atomic mass is 19.4. The Balaban J connectivity index is 1.61. The Kier molecular flexibility index (Phi) is 6.05. The fourth-order valence-corrected chi connectivity index (χ4v) is 2.48. The fourth-order valence-electron chi connectivity index (χ4n) is 2.48. The number of nitrogens with two attached hydrogens (primary N) is 1. The first kappa shape index (κ1) is 20.9. The molecule has 0 saturated carbocycles. The first-order chi connectivity index (χ1) is 14.2. The average molecular weight is 421 g/mol. The van der Waals surface area contributed by atoms with E-state index in [0.717, 1.165) is 18.2 Å². The predicted molar refractivity (Wildman–Crippen MR) is 99.4 cm³/mol. The van der Waals surface area contributed by atoms with Gasteiger partial charge in [-0.25, -0.2) is 4.98 Å². The van der Waals surface area contributed by atoms with Gasteiger partial charge in [-0.1, -0.05) is 12.1 Å². The highest BCUT2D eigenvalue weighted by Gasteiger charge is 2.31. The van der Waals surface area contributed by atoms with Crippen molar-refractivity contribution in [3.05, 3.63) is 77.7 Å². The van der Waals surface area contributed by atoms with Crippen LogP contribution in [0.25, 0.3) is 0 Å². The number of amides is 1. The molecule has 0 fully saturated rings. The van der Waals surface area contributed by atoms with Gasteiger partial charge in [-0.2, -0.15) is 4.39 Å². The van der Waals surface area contributed by atoms with E-state index in [1.165, 1.54) is 18.2 Å². The van der Waals surface area contributed by atoms with Crippen LogP contribution < -0.4 is 20.5 Å². The summed E-state index contributed by atoms with van der Waals surface area (Å²) >= 11 is 0. The minimum Gasteiger partial charge on any atom is -0.457 e. The van der Waals surface area contributed by atoms with E-state index in [9.17, 15) is 22.4 Å². The Bertz CT molecular complexity index is 1040. The summed E-state index contributed by atoms with van der Waals surface area (Å²) in [5.74, 6) is -1.17. The normalized spacial score (nSPS) is 11.1. The van der Waals surface area contributed by atoms with Gasteiger partial charge in [0, 0.05) is 6.54 Å². The van der Waals surface area contributed by atoms with Crippen molar-refractivity contribution in [2.24, 2.45) is 0 Å². The Morgan fingerprint density at radius 1 is 1.00 bits per heavy atom. The molecule has 1 heterocycles. The largest absolute Gasteiger partial charge is 0.573 e. The summed E-state index contributed by atoms with van der Waals surface area (Å²) in [7, 11) is 0. The van der Waals surface area contributed by atoms with Crippen LogP contribution in [0, 0.1) is 5.95 Å². The molecule has 0 unspecified atom stereocenters. The summed E-state index contributed by atoms with van der Waals surface area (Å²) in [6.45, 7) is 0.130. The predicted octanol–water partition coefficient (Wildman–Crippen LogP) is 4.42. The Morgan fingerprint density at radius 2 is 1.70 bits per heavy atom. The molecule has 0 bridgehead atoms. The minimum absolute atomic E-state index is 0.0463. The van der Waals surface area contributed by atoms with Gasteiger partial charge in [0.05, 0.1) is 5.56 Å². The first-order valence-electron chi connectivity index (χ1n) is 8.52. The van der Waals surface area contributed by atoms with E-state index in [4.69, 9.17) is 10.5 Å². The van der Waals surface area contributed by atoms with Crippen LogP contribution >= 0.6 is 0 Å². The topological polar surface area (TPSA) is 86.5 Å². The fraction of sp³-hybridized carbons (Fsp3) is 0.100. The molecule has 0 radical (unpaired) electrons. The molecule has 1 aromatic heterocycles. The zero-order valence-electron chi connectivity index (χ0n) is 15.2. The lowest BCUT2D eigenvalue weighted by molar-refractivity contribution is -0.274. The van der Waals surface area contributed by atoms with Crippen LogP contribution in [0.4, 0.5) is 23.4 Å². The third-order valence-corrected chi connectivity index (χ3v) is 3.78. The smallest absolute Gasteiger partial charge is 0.457 e. The molecular formula is C20H15F4N3O3. The van der Waals surface area contributed by atoms with Crippen molar-refractivity contribution < 1.29 is 31.8 Å². The van der Waals surface area contributed by atoms with E-state index >= 15 is 0 Å². The van der Waals surface area contributed by atoms with Crippen molar-refractivity contribution in [3.8, 4) is 17.2 Å². The summed E-state index contributed by atoms with van der Waals surface area (Å²) in [6.07, 6.45) is -4.77. The second-order valence-corrected chi connectivity index (χ2v) is 6.02. The number of anilines is 1. The van der Waals surface area contributed by atoms with Crippen molar-refractivity contribution in [1.29, 1.82) is 0 Å². The van der Waals surface area contributed by atoms with Crippen LogP contribution in [0.3, 0.4) is 0 Å². The molecular weight excluding hydrogens is 406 g/mol. The number of nitrogens with one attached hydrogen (secondary N) is 1. The molecule has 1 amide bonds. The van der Waals surface area contributed by atoms with Gasteiger partial charge in [-0.05, 0) is 54.1 Å². The summed E-state index contributed by atoms with van der Waals surface area (Å²) in [5.41, 5.74) is 6.28. The van der Waals surface area contributed by atoms with Crippen LogP contribution in [0.1, 0.15) is 15.9 Å². The number of rotatable bonds is 6. The SMILES string of the molecule is Nc1nc(F)ccc1C(=O)NCc1cccc(Oc2ccc(OC(F)(F)F)cc2)c1. The maximum Gasteiger partial charge on any atom is 0.573 e. The molecule has 10 heteroatoms. The number of hydrogen-bond acceptors (Lipinski definition) is 5. The maximum atomic E-state index is 13.0. The van der Waals surface area contributed by atoms with Gasteiger partial charge in [-0.15, -0.1) is 13.2 Å². The summed E-state index contributed by atoms with van der Waals surface area (Å²) in [5, 5.41) is 2.64. The van der Waals surface area contributed by atoms with Crippen LogP contribution in [0.5, 0.6) is 17.2 Å². The van der Waals surface area contributed by atoms with Crippen molar-refractivity contribution in [2.45, 2.75) is 12.9 Å². The monoisotopic (exact) mass is 421 g/mol.